The van der Waals surface area contributed by atoms with Gasteiger partial charge in [-0.1, -0.05) is 19.9 Å². The molecule has 0 saturated carbocycles. The second-order valence-electron chi connectivity index (χ2n) is 6.56. The molecule has 7 heteroatoms. The molecule has 0 bridgehead atoms. The lowest BCUT2D eigenvalue weighted by atomic mass is 9.93. The Kier molecular flexibility index (Phi) is 7.92. The van der Waals surface area contributed by atoms with Crippen LogP contribution in [0.15, 0.2) is 29.3 Å². The summed E-state index contributed by atoms with van der Waals surface area (Å²) in [6.07, 6.45) is 1.10. The number of hydrogen-bond donors (Lipinski definition) is 2. The van der Waals surface area contributed by atoms with E-state index in [0.29, 0.717) is 5.69 Å². The summed E-state index contributed by atoms with van der Waals surface area (Å²) in [6, 6.07) is 5.84. The number of rotatable bonds is 4. The van der Waals surface area contributed by atoms with Gasteiger partial charge in [-0.05, 0) is 37.0 Å². The van der Waals surface area contributed by atoms with E-state index in [9.17, 15) is 9.18 Å². The fourth-order valence-electron chi connectivity index (χ4n) is 2.63. The molecule has 0 unspecified atom stereocenters. The van der Waals surface area contributed by atoms with Gasteiger partial charge >= 0.3 is 0 Å². The lowest BCUT2D eigenvalue weighted by Crippen LogP contribution is -2.41. The van der Waals surface area contributed by atoms with Crippen molar-refractivity contribution >= 4 is 41.5 Å². The van der Waals surface area contributed by atoms with E-state index in [1.54, 1.807) is 12.1 Å². The van der Waals surface area contributed by atoms with Gasteiger partial charge in [0.1, 0.15) is 12.4 Å². The Hall–Kier alpha value is -1.38. The number of carbonyl (C=O) groups excluding carboxylic acids is 1. The number of likely N-dealkylation sites (tertiary alicyclic amines) is 1. The van der Waals surface area contributed by atoms with Gasteiger partial charge in [0.2, 0.25) is 5.91 Å². The summed E-state index contributed by atoms with van der Waals surface area (Å²) in [5.41, 5.74) is 0.706. The van der Waals surface area contributed by atoms with Crippen molar-refractivity contribution in [2.24, 2.45) is 10.4 Å². The number of halogens is 2. The molecule has 1 aliphatic heterocycles. The molecule has 1 fully saturated rings. The molecule has 1 saturated heterocycles. The number of guanidine groups is 1. The molecule has 0 aromatic heterocycles. The first kappa shape index (κ1) is 20.7. The number of hydrogen-bond acceptors (Lipinski definition) is 2. The topological polar surface area (TPSA) is 56.7 Å². The van der Waals surface area contributed by atoms with E-state index in [1.165, 1.54) is 12.1 Å². The zero-order chi connectivity index (χ0) is 16.9. The predicted molar refractivity (Wildman–Crippen MR) is 106 cm³/mol. The van der Waals surface area contributed by atoms with E-state index >= 15 is 0 Å². The number of nitrogens with zero attached hydrogens (tertiary/aromatic N) is 2. The molecule has 0 spiro atoms. The molecule has 24 heavy (non-hydrogen) atoms. The number of aliphatic imine (C=N–C) groups is 1. The van der Waals surface area contributed by atoms with Crippen molar-refractivity contribution in [2.45, 2.75) is 27.2 Å². The van der Waals surface area contributed by atoms with Crippen LogP contribution in [-0.4, -0.2) is 42.9 Å². The number of anilines is 1. The molecule has 1 amide bonds. The Morgan fingerprint density at radius 1 is 1.42 bits per heavy atom. The minimum Gasteiger partial charge on any atom is -0.357 e. The molecule has 0 radical (unpaired) electrons. The average molecular weight is 448 g/mol. The first-order chi connectivity index (χ1) is 10.9. The molecular formula is C17H26FIN4O. The van der Waals surface area contributed by atoms with Crippen molar-refractivity contribution in [3.63, 3.8) is 0 Å². The number of amides is 1. The van der Waals surface area contributed by atoms with E-state index in [2.05, 4.69) is 34.4 Å². The monoisotopic (exact) mass is 448 g/mol. The van der Waals surface area contributed by atoms with Gasteiger partial charge in [0, 0.05) is 25.3 Å². The van der Waals surface area contributed by atoms with E-state index in [0.717, 1.165) is 32.0 Å². The van der Waals surface area contributed by atoms with Crippen molar-refractivity contribution in [1.82, 2.24) is 10.2 Å². The second kappa shape index (κ2) is 9.19. The van der Waals surface area contributed by atoms with E-state index in [1.807, 2.05) is 6.92 Å². The summed E-state index contributed by atoms with van der Waals surface area (Å²) in [5, 5.41) is 5.88. The third-order valence-electron chi connectivity index (χ3n) is 3.79. The zero-order valence-electron chi connectivity index (χ0n) is 14.4. The maximum Gasteiger partial charge on any atom is 0.246 e. The van der Waals surface area contributed by atoms with Crippen LogP contribution in [0.25, 0.3) is 0 Å². The molecule has 0 aliphatic carbocycles. The quantitative estimate of drug-likeness (QED) is 0.423. The van der Waals surface area contributed by atoms with Crippen LogP contribution in [0.5, 0.6) is 0 Å². The van der Waals surface area contributed by atoms with Crippen molar-refractivity contribution in [3.8, 4) is 0 Å². The Labute approximate surface area is 160 Å². The molecule has 0 atom stereocenters. The summed E-state index contributed by atoms with van der Waals surface area (Å²) in [7, 11) is 0. The second-order valence-corrected chi connectivity index (χ2v) is 6.56. The summed E-state index contributed by atoms with van der Waals surface area (Å²) < 4.78 is 13.1. The third kappa shape index (κ3) is 6.26. The minimum atomic E-state index is -0.376. The minimum absolute atomic E-state index is 0. The van der Waals surface area contributed by atoms with E-state index in [4.69, 9.17) is 0 Å². The van der Waals surface area contributed by atoms with Crippen LogP contribution in [0.4, 0.5) is 10.1 Å². The number of benzene rings is 1. The van der Waals surface area contributed by atoms with Gasteiger partial charge in [0.25, 0.3) is 0 Å². The predicted octanol–water partition coefficient (Wildman–Crippen LogP) is 3.08. The van der Waals surface area contributed by atoms with E-state index in [-0.39, 0.29) is 47.7 Å². The zero-order valence-corrected chi connectivity index (χ0v) is 16.8. The van der Waals surface area contributed by atoms with Crippen molar-refractivity contribution < 1.29 is 9.18 Å². The van der Waals surface area contributed by atoms with E-state index < -0.39 is 0 Å². The molecule has 1 aliphatic rings. The van der Waals surface area contributed by atoms with Crippen LogP contribution in [0, 0.1) is 11.2 Å². The maximum absolute atomic E-state index is 13.1. The Balaban J connectivity index is 0.00000288. The normalized spacial score (nSPS) is 16.5. The fourth-order valence-corrected chi connectivity index (χ4v) is 2.63. The summed E-state index contributed by atoms with van der Waals surface area (Å²) >= 11 is 0. The highest BCUT2D eigenvalue weighted by atomic mass is 127. The molecule has 134 valence electrons. The van der Waals surface area contributed by atoms with Crippen molar-refractivity contribution in [1.29, 1.82) is 0 Å². The Bertz CT molecular complexity index is 592. The van der Waals surface area contributed by atoms with Crippen molar-refractivity contribution in [3.05, 3.63) is 30.1 Å². The first-order valence-electron chi connectivity index (χ1n) is 7.98. The largest absolute Gasteiger partial charge is 0.357 e. The van der Waals surface area contributed by atoms with Crippen LogP contribution in [0.2, 0.25) is 0 Å². The van der Waals surface area contributed by atoms with Gasteiger partial charge in [0.15, 0.2) is 5.96 Å². The lowest BCUT2D eigenvalue weighted by molar-refractivity contribution is -0.114. The standard InChI is InChI=1S/C17H25FN4O.HI/c1-4-19-16(22-9-8-17(2,3)12-22)20-11-15(23)21-14-7-5-6-13(18)10-14;/h5-7,10H,4,8-9,11-12H2,1-3H3,(H,19,20)(H,21,23);1H. The fraction of sp³-hybridized carbons (Fsp3) is 0.529. The van der Waals surface area contributed by atoms with Crippen LogP contribution >= 0.6 is 24.0 Å². The van der Waals surface area contributed by atoms with Gasteiger partial charge in [0.05, 0.1) is 0 Å². The Morgan fingerprint density at radius 3 is 2.75 bits per heavy atom. The number of nitrogens with one attached hydrogen (secondary N) is 2. The molecule has 2 N–H and O–H groups in total. The third-order valence-corrected chi connectivity index (χ3v) is 3.79. The van der Waals surface area contributed by atoms with Gasteiger partial charge in [-0.15, -0.1) is 24.0 Å². The van der Waals surface area contributed by atoms with Crippen LogP contribution in [-0.2, 0) is 4.79 Å². The van der Waals surface area contributed by atoms with Crippen LogP contribution in [0.3, 0.4) is 0 Å². The SMILES string of the molecule is CCNC(=NCC(=O)Nc1cccc(F)c1)N1CCC(C)(C)C1.I. The smallest absolute Gasteiger partial charge is 0.246 e. The van der Waals surface area contributed by atoms with Gasteiger partial charge < -0.3 is 15.5 Å². The molecule has 1 heterocycles. The van der Waals surface area contributed by atoms with Crippen molar-refractivity contribution in [2.75, 3.05) is 31.5 Å². The molecule has 5 nitrogen and oxygen atoms in total. The van der Waals surface area contributed by atoms with Gasteiger partial charge in [-0.2, -0.15) is 0 Å². The lowest BCUT2D eigenvalue weighted by Gasteiger charge is -2.23. The maximum atomic E-state index is 13.1. The summed E-state index contributed by atoms with van der Waals surface area (Å²) in [5.74, 6) is 0.121. The van der Waals surface area contributed by atoms with Crippen LogP contribution in [0.1, 0.15) is 27.2 Å². The first-order valence-corrected chi connectivity index (χ1v) is 7.98. The Morgan fingerprint density at radius 2 is 2.17 bits per heavy atom. The average Bonchev–Trinajstić information content (AvgIpc) is 2.83. The molecule has 2 rings (SSSR count). The highest BCUT2D eigenvalue weighted by molar-refractivity contribution is 14.0. The molecule has 1 aromatic carbocycles. The summed E-state index contributed by atoms with van der Waals surface area (Å²) in [4.78, 5) is 18.6. The van der Waals surface area contributed by atoms with Gasteiger partial charge in [-0.3, -0.25) is 4.79 Å². The van der Waals surface area contributed by atoms with Crippen LogP contribution < -0.4 is 10.6 Å². The highest BCUT2D eigenvalue weighted by Gasteiger charge is 2.30. The summed E-state index contributed by atoms with van der Waals surface area (Å²) in [6.45, 7) is 9.08. The molecular weight excluding hydrogens is 422 g/mol. The van der Waals surface area contributed by atoms with Gasteiger partial charge in [-0.25, -0.2) is 9.38 Å². The number of carbonyl (C=O) groups is 1. The molecule has 1 aromatic rings. The highest BCUT2D eigenvalue weighted by Crippen LogP contribution is 2.28.